The maximum absolute atomic E-state index is 12.2. The molecule has 20 heavy (non-hydrogen) atoms. The predicted molar refractivity (Wildman–Crippen MR) is 82.6 cm³/mol. The first-order valence-corrected chi connectivity index (χ1v) is 7.10. The zero-order chi connectivity index (χ0) is 14.9. The van der Waals surface area contributed by atoms with E-state index in [0.717, 1.165) is 5.82 Å². The first kappa shape index (κ1) is 14.8. The molecule has 106 valence electrons. The Labute approximate surface area is 124 Å². The summed E-state index contributed by atoms with van der Waals surface area (Å²) in [6.45, 7) is 8.69. The average molecular weight is 291 g/mol. The molecule has 0 aliphatic carbocycles. The van der Waals surface area contributed by atoms with Crippen LogP contribution in [0.4, 0.5) is 0 Å². The van der Waals surface area contributed by atoms with Crippen LogP contribution in [0.3, 0.4) is 0 Å². The lowest BCUT2D eigenvalue weighted by Crippen LogP contribution is -2.26. The van der Waals surface area contributed by atoms with Crippen molar-refractivity contribution in [3.8, 4) is 0 Å². The molecule has 0 aliphatic heterocycles. The molecule has 0 atom stereocenters. The highest BCUT2D eigenvalue weighted by atomic mass is 35.5. The second kappa shape index (κ2) is 5.80. The van der Waals surface area contributed by atoms with Crippen LogP contribution in [-0.4, -0.2) is 9.55 Å². The molecule has 4 heteroatoms. The van der Waals surface area contributed by atoms with Gasteiger partial charge in [-0.3, -0.25) is 9.36 Å². The van der Waals surface area contributed by atoms with Crippen LogP contribution in [0.2, 0.25) is 5.15 Å². The quantitative estimate of drug-likeness (QED) is 0.808. The van der Waals surface area contributed by atoms with Crippen molar-refractivity contribution < 1.29 is 0 Å². The molecule has 0 spiro atoms. The molecule has 3 nitrogen and oxygen atoms in total. The summed E-state index contributed by atoms with van der Waals surface area (Å²) in [6, 6.07) is 7.53. The van der Waals surface area contributed by atoms with E-state index in [0.29, 0.717) is 6.54 Å². The zero-order valence-electron chi connectivity index (χ0n) is 12.3. The number of rotatable bonds is 3. The van der Waals surface area contributed by atoms with Crippen molar-refractivity contribution in [3.63, 3.8) is 0 Å². The van der Waals surface area contributed by atoms with Crippen molar-refractivity contribution in [2.75, 3.05) is 0 Å². The topological polar surface area (TPSA) is 34.9 Å². The average Bonchev–Trinajstić information content (AvgIpc) is 2.35. The van der Waals surface area contributed by atoms with Gasteiger partial charge >= 0.3 is 0 Å². The summed E-state index contributed by atoms with van der Waals surface area (Å²) in [7, 11) is 0. The summed E-state index contributed by atoms with van der Waals surface area (Å²) >= 11 is 5.91. The molecule has 1 aromatic heterocycles. The van der Waals surface area contributed by atoms with E-state index in [-0.39, 0.29) is 16.6 Å². The number of benzene rings is 1. The fourth-order valence-corrected chi connectivity index (χ4v) is 2.53. The van der Waals surface area contributed by atoms with Crippen molar-refractivity contribution >= 4 is 11.6 Å². The van der Waals surface area contributed by atoms with Crippen molar-refractivity contribution in [1.29, 1.82) is 0 Å². The Balaban J connectivity index is 2.57. The summed E-state index contributed by atoms with van der Waals surface area (Å²) in [5, 5.41) is 0.261. The van der Waals surface area contributed by atoms with E-state index in [1.54, 1.807) is 4.57 Å². The minimum atomic E-state index is -0.101. The van der Waals surface area contributed by atoms with Crippen LogP contribution in [0.25, 0.3) is 0 Å². The van der Waals surface area contributed by atoms with E-state index in [2.05, 4.69) is 31.0 Å². The van der Waals surface area contributed by atoms with Gasteiger partial charge in [0.1, 0.15) is 11.0 Å². The highest BCUT2D eigenvalue weighted by molar-refractivity contribution is 6.29. The van der Waals surface area contributed by atoms with Gasteiger partial charge in [0.2, 0.25) is 0 Å². The van der Waals surface area contributed by atoms with Crippen LogP contribution < -0.4 is 5.56 Å². The SMILES string of the molecule is Cc1cccc(C)c1Cn1c(C(C)C)nc(Cl)cc1=O. The van der Waals surface area contributed by atoms with E-state index >= 15 is 0 Å². The van der Waals surface area contributed by atoms with E-state index in [4.69, 9.17) is 11.6 Å². The monoisotopic (exact) mass is 290 g/mol. The maximum atomic E-state index is 12.2. The molecule has 2 aromatic rings. The largest absolute Gasteiger partial charge is 0.292 e. The molecule has 0 saturated carbocycles. The summed E-state index contributed by atoms with van der Waals surface area (Å²) in [4.78, 5) is 16.5. The molecule has 2 rings (SSSR count). The second-order valence-electron chi connectivity index (χ2n) is 5.39. The van der Waals surface area contributed by atoms with Crippen LogP contribution in [-0.2, 0) is 6.54 Å². The fraction of sp³-hybridized carbons (Fsp3) is 0.375. The standard InChI is InChI=1S/C16H19ClN2O/c1-10(2)16-18-14(17)8-15(20)19(16)9-13-11(3)6-5-7-12(13)4/h5-8,10H,9H2,1-4H3. The molecular formula is C16H19ClN2O. The Bertz CT molecular complexity index is 669. The second-order valence-corrected chi connectivity index (χ2v) is 5.77. The number of nitrogens with zero attached hydrogens (tertiary/aromatic N) is 2. The molecule has 0 saturated heterocycles. The molecule has 0 fully saturated rings. The third-order valence-electron chi connectivity index (χ3n) is 3.48. The Morgan fingerprint density at radius 3 is 2.40 bits per heavy atom. The Morgan fingerprint density at radius 1 is 1.25 bits per heavy atom. The van der Waals surface area contributed by atoms with Crippen LogP contribution in [0.15, 0.2) is 29.1 Å². The van der Waals surface area contributed by atoms with Gasteiger partial charge in [0.15, 0.2) is 0 Å². The highest BCUT2D eigenvalue weighted by Gasteiger charge is 2.13. The van der Waals surface area contributed by atoms with E-state index < -0.39 is 0 Å². The molecule has 0 unspecified atom stereocenters. The molecule has 0 N–H and O–H groups in total. The van der Waals surface area contributed by atoms with Gasteiger partial charge in [0.05, 0.1) is 6.54 Å². The van der Waals surface area contributed by atoms with E-state index in [1.165, 1.54) is 22.8 Å². The zero-order valence-corrected chi connectivity index (χ0v) is 13.0. The van der Waals surface area contributed by atoms with Gasteiger partial charge < -0.3 is 0 Å². The highest BCUT2D eigenvalue weighted by Crippen LogP contribution is 2.18. The van der Waals surface area contributed by atoms with Gasteiger partial charge in [-0.1, -0.05) is 43.6 Å². The van der Waals surface area contributed by atoms with Gasteiger partial charge in [-0.15, -0.1) is 0 Å². The number of hydrogen-bond acceptors (Lipinski definition) is 2. The number of aromatic nitrogens is 2. The third kappa shape index (κ3) is 2.93. The molecule has 1 heterocycles. The lowest BCUT2D eigenvalue weighted by molar-refractivity contribution is 0.622. The molecule has 0 amide bonds. The molecule has 0 bridgehead atoms. The minimum absolute atomic E-state index is 0.101. The van der Waals surface area contributed by atoms with Gasteiger partial charge in [-0.2, -0.15) is 0 Å². The van der Waals surface area contributed by atoms with Gasteiger partial charge in [0.25, 0.3) is 5.56 Å². The summed E-state index contributed by atoms with van der Waals surface area (Å²) in [5.74, 6) is 0.871. The molecule has 1 aromatic carbocycles. The fourth-order valence-electron chi connectivity index (χ4n) is 2.35. The van der Waals surface area contributed by atoms with Crippen LogP contribution in [0.1, 0.15) is 42.3 Å². The maximum Gasteiger partial charge on any atom is 0.255 e. The van der Waals surface area contributed by atoms with E-state index in [1.807, 2.05) is 19.9 Å². The van der Waals surface area contributed by atoms with Crippen LogP contribution in [0, 0.1) is 13.8 Å². The van der Waals surface area contributed by atoms with Crippen molar-refractivity contribution in [2.45, 2.75) is 40.2 Å². The van der Waals surface area contributed by atoms with Crippen molar-refractivity contribution in [3.05, 3.63) is 62.3 Å². The summed E-state index contributed by atoms with van der Waals surface area (Å²) in [6.07, 6.45) is 0. The molecule has 0 radical (unpaired) electrons. The Kier molecular flexibility index (Phi) is 4.29. The van der Waals surface area contributed by atoms with Gasteiger partial charge in [-0.05, 0) is 30.5 Å². The van der Waals surface area contributed by atoms with Gasteiger partial charge in [-0.25, -0.2) is 4.98 Å². The first-order chi connectivity index (χ1) is 9.40. The normalized spacial score (nSPS) is 11.1. The van der Waals surface area contributed by atoms with E-state index in [9.17, 15) is 4.79 Å². The lowest BCUT2D eigenvalue weighted by atomic mass is 10.0. The van der Waals surface area contributed by atoms with Crippen LogP contribution >= 0.6 is 11.6 Å². The van der Waals surface area contributed by atoms with Gasteiger partial charge in [0, 0.05) is 12.0 Å². The van der Waals surface area contributed by atoms with Crippen molar-refractivity contribution in [2.24, 2.45) is 0 Å². The van der Waals surface area contributed by atoms with Crippen molar-refractivity contribution in [1.82, 2.24) is 9.55 Å². The summed E-state index contributed by atoms with van der Waals surface area (Å²) in [5.41, 5.74) is 3.43. The first-order valence-electron chi connectivity index (χ1n) is 6.72. The predicted octanol–water partition coefficient (Wildman–Crippen LogP) is 3.69. The number of halogens is 1. The summed E-state index contributed by atoms with van der Waals surface area (Å²) < 4.78 is 1.71. The smallest absolute Gasteiger partial charge is 0.255 e. The lowest BCUT2D eigenvalue weighted by Gasteiger charge is -2.17. The molecule has 0 aliphatic rings. The molecular weight excluding hydrogens is 272 g/mol. The Morgan fingerprint density at radius 2 is 1.85 bits per heavy atom. The third-order valence-corrected chi connectivity index (χ3v) is 3.68. The number of hydrogen-bond donors (Lipinski definition) is 0. The minimum Gasteiger partial charge on any atom is -0.292 e. The number of aryl methyl sites for hydroxylation is 2. The Hall–Kier alpha value is -1.61. The van der Waals surface area contributed by atoms with Crippen LogP contribution in [0.5, 0.6) is 0 Å².